The van der Waals surface area contributed by atoms with Gasteiger partial charge in [-0.2, -0.15) is 0 Å². The highest BCUT2D eigenvalue weighted by Gasteiger charge is 2.48. The summed E-state index contributed by atoms with van der Waals surface area (Å²) in [5.41, 5.74) is 2.40. The number of carbonyl (C=O) groups excluding carboxylic acids is 1. The van der Waals surface area contributed by atoms with Crippen molar-refractivity contribution in [2.24, 2.45) is 0 Å². The van der Waals surface area contributed by atoms with E-state index in [0.717, 1.165) is 18.4 Å². The second-order valence-corrected chi connectivity index (χ2v) is 15.5. The molecule has 0 aliphatic carbocycles. The molecule has 6 heteroatoms. The molecule has 1 heterocycles. The SMILES string of the molecule is CCC[C@H](/C=C/C(C)=C/C(O[Si](C(C)C)(C(C)C)C(C)C)[C@H]1C[C@@H](OC)CC(=O)O1)OC. The van der Waals surface area contributed by atoms with E-state index in [1.165, 1.54) is 0 Å². The molecule has 0 saturated carbocycles. The standard InChI is InChI=1S/C26H48O5Si/c1-11-12-22(28-9)14-13-21(8)15-25(24-16-23(29-10)17-26(27)30-24)31-32(18(2)3,19(4)5)20(6)7/h13-15,18-20,22-25H,11-12,16-17H2,1-10H3/b14-13+,21-15+/t22-,23-,24-,25?/m1/s1. The summed E-state index contributed by atoms with van der Waals surface area (Å²) in [5, 5.41) is 0. The van der Waals surface area contributed by atoms with Crippen LogP contribution in [0.2, 0.25) is 16.6 Å². The van der Waals surface area contributed by atoms with E-state index in [1.54, 1.807) is 14.2 Å². The Labute approximate surface area is 198 Å². The van der Waals surface area contributed by atoms with Crippen molar-refractivity contribution in [2.45, 2.75) is 122 Å². The lowest BCUT2D eigenvalue weighted by molar-refractivity contribution is -0.167. The molecule has 0 amide bonds. The van der Waals surface area contributed by atoms with Crippen molar-refractivity contribution in [3.8, 4) is 0 Å². The number of allylic oxidation sites excluding steroid dienone is 2. The number of hydrogen-bond donors (Lipinski definition) is 0. The first-order valence-corrected chi connectivity index (χ1v) is 14.4. The predicted octanol–water partition coefficient (Wildman–Crippen LogP) is 6.59. The lowest BCUT2D eigenvalue weighted by Gasteiger charge is -2.46. The van der Waals surface area contributed by atoms with Gasteiger partial charge >= 0.3 is 5.97 Å². The fourth-order valence-electron chi connectivity index (χ4n) is 5.19. The average molecular weight is 469 g/mol. The Kier molecular flexibility index (Phi) is 12.4. The van der Waals surface area contributed by atoms with Crippen LogP contribution in [0.1, 0.15) is 81.1 Å². The Morgan fingerprint density at radius 3 is 2.19 bits per heavy atom. The van der Waals surface area contributed by atoms with Crippen molar-refractivity contribution in [2.75, 3.05) is 14.2 Å². The van der Waals surface area contributed by atoms with Gasteiger partial charge in [0.15, 0.2) is 0 Å². The summed E-state index contributed by atoms with van der Waals surface area (Å²) in [4.78, 5) is 12.3. The van der Waals surface area contributed by atoms with E-state index in [4.69, 9.17) is 18.6 Å². The summed E-state index contributed by atoms with van der Waals surface area (Å²) in [6.07, 6.45) is 8.67. The van der Waals surface area contributed by atoms with Crippen LogP contribution in [0.25, 0.3) is 0 Å². The highest BCUT2D eigenvalue weighted by molar-refractivity contribution is 6.77. The molecule has 0 aromatic carbocycles. The molecule has 5 nitrogen and oxygen atoms in total. The number of ether oxygens (including phenoxy) is 3. The number of cyclic esters (lactones) is 1. The van der Waals surface area contributed by atoms with Gasteiger partial charge in [-0.25, -0.2) is 0 Å². The maximum Gasteiger partial charge on any atom is 0.308 e. The van der Waals surface area contributed by atoms with Crippen molar-refractivity contribution in [3.05, 3.63) is 23.8 Å². The molecular weight excluding hydrogens is 420 g/mol. The van der Waals surface area contributed by atoms with Crippen LogP contribution in [0.3, 0.4) is 0 Å². The van der Waals surface area contributed by atoms with Crippen LogP contribution in [0.5, 0.6) is 0 Å². The molecule has 1 aliphatic rings. The highest BCUT2D eigenvalue weighted by atomic mass is 28.4. The zero-order valence-corrected chi connectivity index (χ0v) is 23.1. The van der Waals surface area contributed by atoms with Crippen LogP contribution >= 0.6 is 0 Å². The Bertz CT molecular complexity index is 604. The van der Waals surface area contributed by atoms with Gasteiger partial charge in [-0.1, -0.05) is 78.7 Å². The van der Waals surface area contributed by atoms with Gasteiger partial charge in [0.05, 0.1) is 18.6 Å². The third kappa shape index (κ3) is 7.82. The van der Waals surface area contributed by atoms with Crippen LogP contribution in [-0.2, 0) is 23.4 Å². The fourth-order valence-corrected chi connectivity index (χ4v) is 10.7. The largest absolute Gasteiger partial charge is 0.459 e. The third-order valence-corrected chi connectivity index (χ3v) is 12.9. The number of methoxy groups -OCH3 is 2. The number of esters is 1. The van der Waals surface area contributed by atoms with Crippen LogP contribution in [0, 0.1) is 0 Å². The first-order valence-electron chi connectivity index (χ1n) is 12.3. The van der Waals surface area contributed by atoms with Crippen LogP contribution in [-0.4, -0.2) is 52.9 Å². The second kappa shape index (κ2) is 13.7. The van der Waals surface area contributed by atoms with Crippen molar-refractivity contribution in [3.63, 3.8) is 0 Å². The maximum atomic E-state index is 12.3. The Morgan fingerprint density at radius 1 is 1.12 bits per heavy atom. The van der Waals surface area contributed by atoms with Crippen LogP contribution < -0.4 is 0 Å². The van der Waals surface area contributed by atoms with Gasteiger partial charge in [0, 0.05) is 20.6 Å². The zero-order chi connectivity index (χ0) is 24.5. The number of hydrogen-bond acceptors (Lipinski definition) is 5. The molecule has 0 radical (unpaired) electrons. The topological polar surface area (TPSA) is 54.0 Å². The minimum atomic E-state index is -2.19. The molecule has 0 aromatic heterocycles. The molecule has 186 valence electrons. The van der Waals surface area contributed by atoms with E-state index in [-0.39, 0.29) is 30.4 Å². The molecule has 0 N–H and O–H groups in total. The molecule has 0 aromatic rings. The average Bonchev–Trinajstić information content (AvgIpc) is 2.72. The van der Waals surface area contributed by atoms with Gasteiger partial charge < -0.3 is 18.6 Å². The van der Waals surface area contributed by atoms with Crippen molar-refractivity contribution >= 4 is 14.3 Å². The minimum Gasteiger partial charge on any atom is -0.459 e. The van der Waals surface area contributed by atoms with E-state index in [1.807, 2.05) is 0 Å². The van der Waals surface area contributed by atoms with Gasteiger partial charge in [-0.15, -0.1) is 0 Å². The summed E-state index contributed by atoms with van der Waals surface area (Å²) in [5.74, 6) is -0.211. The number of carbonyl (C=O) groups is 1. The van der Waals surface area contributed by atoms with Crippen molar-refractivity contribution in [1.82, 2.24) is 0 Å². The molecule has 1 rings (SSSR count). The van der Waals surface area contributed by atoms with Gasteiger partial charge in [0.2, 0.25) is 8.32 Å². The normalized spacial score (nSPS) is 22.8. The summed E-state index contributed by atoms with van der Waals surface area (Å²) >= 11 is 0. The summed E-state index contributed by atoms with van der Waals surface area (Å²) in [6, 6.07) is 0. The van der Waals surface area contributed by atoms with Gasteiger partial charge in [0.1, 0.15) is 12.2 Å². The van der Waals surface area contributed by atoms with E-state index < -0.39 is 8.32 Å². The monoisotopic (exact) mass is 468 g/mol. The molecule has 4 atom stereocenters. The smallest absolute Gasteiger partial charge is 0.308 e. The minimum absolute atomic E-state index is 0.101. The van der Waals surface area contributed by atoms with E-state index in [2.05, 4.69) is 73.6 Å². The Balaban J connectivity index is 3.34. The summed E-state index contributed by atoms with van der Waals surface area (Å²) in [6.45, 7) is 17.9. The first-order chi connectivity index (χ1) is 15.0. The molecule has 1 aliphatic heterocycles. The summed E-state index contributed by atoms with van der Waals surface area (Å²) in [7, 11) is 1.22. The Hall–Kier alpha value is -0.953. The van der Waals surface area contributed by atoms with Crippen molar-refractivity contribution < 1.29 is 23.4 Å². The molecule has 1 unspecified atom stereocenters. The number of rotatable bonds is 13. The van der Waals surface area contributed by atoms with E-state index in [0.29, 0.717) is 29.5 Å². The van der Waals surface area contributed by atoms with Crippen LogP contribution in [0.15, 0.2) is 23.8 Å². The van der Waals surface area contributed by atoms with Gasteiger partial charge in [0.25, 0.3) is 0 Å². The fraction of sp³-hybridized carbons (Fsp3) is 0.808. The first kappa shape index (κ1) is 29.1. The molecular formula is C26H48O5Si. The second-order valence-electron chi connectivity index (χ2n) is 10.1. The highest BCUT2D eigenvalue weighted by Crippen LogP contribution is 2.44. The van der Waals surface area contributed by atoms with E-state index in [9.17, 15) is 4.79 Å². The van der Waals surface area contributed by atoms with Crippen molar-refractivity contribution in [1.29, 1.82) is 0 Å². The van der Waals surface area contributed by atoms with E-state index >= 15 is 0 Å². The molecule has 0 spiro atoms. The lowest BCUT2D eigenvalue weighted by atomic mass is 9.99. The Morgan fingerprint density at radius 2 is 1.72 bits per heavy atom. The molecule has 0 bridgehead atoms. The summed E-state index contributed by atoms with van der Waals surface area (Å²) < 4.78 is 24.1. The van der Waals surface area contributed by atoms with Gasteiger partial charge in [-0.05, 0) is 30.0 Å². The quantitative estimate of drug-likeness (QED) is 0.173. The molecule has 32 heavy (non-hydrogen) atoms. The maximum absolute atomic E-state index is 12.3. The lowest BCUT2D eigenvalue weighted by Crippen LogP contribution is -2.53. The zero-order valence-electron chi connectivity index (χ0n) is 22.1. The van der Waals surface area contributed by atoms with Gasteiger partial charge in [-0.3, -0.25) is 4.79 Å². The third-order valence-electron chi connectivity index (χ3n) is 6.80. The molecule has 1 saturated heterocycles. The molecule has 1 fully saturated rings. The van der Waals surface area contributed by atoms with Crippen LogP contribution in [0.4, 0.5) is 0 Å². The predicted molar refractivity (Wildman–Crippen MR) is 134 cm³/mol.